The third-order valence-electron chi connectivity index (χ3n) is 3.80. The lowest BCUT2D eigenvalue weighted by atomic mass is 10.1. The van der Waals surface area contributed by atoms with Crippen LogP contribution in [-0.4, -0.2) is 11.6 Å². The van der Waals surface area contributed by atoms with Crippen LogP contribution in [0, 0.1) is 6.92 Å². The third kappa shape index (κ3) is 3.05. The van der Waals surface area contributed by atoms with Crippen LogP contribution in [0.2, 0.25) is 0 Å². The molecule has 0 fully saturated rings. The monoisotopic (exact) mass is 330 g/mol. The van der Waals surface area contributed by atoms with Crippen molar-refractivity contribution in [2.45, 2.75) is 26.7 Å². The normalized spacial score (nSPS) is 14.3. The summed E-state index contributed by atoms with van der Waals surface area (Å²) in [6, 6.07) is 6.64. The Morgan fingerprint density at radius 2 is 2.17 bits per heavy atom. The summed E-state index contributed by atoms with van der Waals surface area (Å²) < 4.78 is 5.18. The Bertz CT molecular complexity index is 925. The van der Waals surface area contributed by atoms with Crippen molar-refractivity contribution < 1.29 is 9.21 Å². The summed E-state index contributed by atoms with van der Waals surface area (Å²) in [5.74, 6) is -0.305. The average molecular weight is 331 g/mol. The Morgan fingerprint density at radius 1 is 1.39 bits per heavy atom. The van der Waals surface area contributed by atoms with Crippen LogP contribution in [0.3, 0.4) is 0 Å². The van der Waals surface area contributed by atoms with Gasteiger partial charge in [0.25, 0.3) is 5.91 Å². The second-order valence-corrected chi connectivity index (χ2v) is 5.75. The highest BCUT2D eigenvalue weighted by Gasteiger charge is 2.21. The summed E-state index contributed by atoms with van der Waals surface area (Å²) in [5.41, 5.74) is 2.74. The van der Waals surface area contributed by atoms with Crippen molar-refractivity contribution in [3.05, 3.63) is 51.0 Å². The summed E-state index contributed by atoms with van der Waals surface area (Å²) in [6.07, 6.45) is 1.22. The van der Waals surface area contributed by atoms with Gasteiger partial charge in [-0.25, -0.2) is 9.79 Å². The van der Waals surface area contributed by atoms with Crippen LogP contribution in [0.5, 0.6) is 0 Å². The fourth-order valence-corrected chi connectivity index (χ4v) is 2.82. The molecule has 5 nitrogen and oxygen atoms in total. The number of rotatable bonds is 3. The molecule has 0 saturated carbocycles. The number of benzene rings is 1. The standard InChI is InChI=1S/C17H15ClN2O3/c1-3-10-7-13(20-16(10)18)17(22)19-11-4-5-12-9(2)6-15(21)23-14(12)8-11/h4-6,8H,3,7H2,1-2H3,(H,19,22). The van der Waals surface area contributed by atoms with Gasteiger partial charge in [-0.15, -0.1) is 0 Å². The Kier molecular flexibility index (Phi) is 4.05. The first-order chi connectivity index (χ1) is 11.0. The number of aliphatic imine (C=N–C) groups is 1. The van der Waals surface area contributed by atoms with Gasteiger partial charge in [0.2, 0.25) is 0 Å². The Morgan fingerprint density at radius 3 is 2.87 bits per heavy atom. The van der Waals surface area contributed by atoms with E-state index in [1.165, 1.54) is 6.07 Å². The highest BCUT2D eigenvalue weighted by Crippen LogP contribution is 2.26. The van der Waals surface area contributed by atoms with Crippen molar-refractivity contribution in [3.8, 4) is 0 Å². The molecule has 0 unspecified atom stereocenters. The van der Waals surface area contributed by atoms with Crippen LogP contribution in [0.4, 0.5) is 5.69 Å². The molecule has 23 heavy (non-hydrogen) atoms. The van der Waals surface area contributed by atoms with Gasteiger partial charge < -0.3 is 9.73 Å². The molecule has 0 spiro atoms. The van der Waals surface area contributed by atoms with Crippen LogP contribution in [0.15, 0.2) is 49.2 Å². The molecule has 3 rings (SSSR count). The number of hydrogen-bond donors (Lipinski definition) is 1. The minimum absolute atomic E-state index is 0.305. The molecule has 0 atom stereocenters. The number of carbonyl (C=O) groups excluding carboxylic acids is 1. The van der Waals surface area contributed by atoms with Crippen molar-refractivity contribution in [3.63, 3.8) is 0 Å². The number of allylic oxidation sites excluding steroid dienone is 1. The van der Waals surface area contributed by atoms with Crippen molar-refractivity contribution >= 4 is 39.9 Å². The van der Waals surface area contributed by atoms with E-state index in [1.807, 2.05) is 19.9 Å². The Hall–Kier alpha value is -2.40. The zero-order valence-corrected chi connectivity index (χ0v) is 13.5. The molecule has 1 aromatic carbocycles. The molecule has 1 aliphatic rings. The minimum atomic E-state index is -0.415. The molecule has 0 radical (unpaired) electrons. The van der Waals surface area contributed by atoms with E-state index in [1.54, 1.807) is 12.1 Å². The molecule has 118 valence electrons. The predicted molar refractivity (Wildman–Crippen MR) is 91.1 cm³/mol. The summed E-state index contributed by atoms with van der Waals surface area (Å²) in [4.78, 5) is 27.8. The zero-order valence-electron chi connectivity index (χ0n) is 12.8. The van der Waals surface area contributed by atoms with E-state index >= 15 is 0 Å². The molecule has 1 N–H and O–H groups in total. The Balaban J connectivity index is 1.84. The Labute approximate surface area is 137 Å². The molecule has 0 aliphatic carbocycles. The maximum absolute atomic E-state index is 12.3. The first-order valence-corrected chi connectivity index (χ1v) is 7.66. The van der Waals surface area contributed by atoms with Gasteiger partial charge >= 0.3 is 5.63 Å². The number of hydrogen-bond acceptors (Lipinski definition) is 4. The van der Waals surface area contributed by atoms with Gasteiger partial charge in [0.05, 0.1) is 0 Å². The summed E-state index contributed by atoms with van der Waals surface area (Å²) >= 11 is 6.00. The van der Waals surface area contributed by atoms with E-state index in [0.29, 0.717) is 28.6 Å². The van der Waals surface area contributed by atoms with E-state index in [4.69, 9.17) is 16.0 Å². The fourth-order valence-electron chi connectivity index (χ4n) is 2.52. The molecule has 1 aromatic heterocycles. The molecule has 6 heteroatoms. The number of amides is 1. The molecule has 1 aliphatic heterocycles. The lowest BCUT2D eigenvalue weighted by Gasteiger charge is -2.07. The number of halogens is 1. The summed E-state index contributed by atoms with van der Waals surface area (Å²) in [5, 5.41) is 4.00. The van der Waals surface area contributed by atoms with Crippen molar-refractivity contribution in [2.75, 3.05) is 5.32 Å². The number of anilines is 1. The van der Waals surface area contributed by atoms with Gasteiger partial charge in [-0.2, -0.15) is 0 Å². The smallest absolute Gasteiger partial charge is 0.336 e. The lowest BCUT2D eigenvalue weighted by molar-refractivity contribution is -0.110. The van der Waals surface area contributed by atoms with Crippen LogP contribution < -0.4 is 10.9 Å². The maximum Gasteiger partial charge on any atom is 0.336 e. The van der Waals surface area contributed by atoms with E-state index < -0.39 is 5.63 Å². The van der Waals surface area contributed by atoms with Crippen LogP contribution in [0.25, 0.3) is 11.0 Å². The van der Waals surface area contributed by atoms with E-state index in [2.05, 4.69) is 10.3 Å². The van der Waals surface area contributed by atoms with Gasteiger partial charge in [-0.1, -0.05) is 18.5 Å². The molecular formula is C17H15ClN2O3. The number of fused-ring (bicyclic) bond motifs is 1. The number of aryl methyl sites for hydroxylation is 1. The van der Waals surface area contributed by atoms with Crippen molar-refractivity contribution in [1.82, 2.24) is 0 Å². The van der Waals surface area contributed by atoms with Crippen LogP contribution in [-0.2, 0) is 4.79 Å². The minimum Gasteiger partial charge on any atom is -0.423 e. The summed E-state index contributed by atoms with van der Waals surface area (Å²) in [6.45, 7) is 3.81. The molecule has 2 heterocycles. The predicted octanol–water partition coefficient (Wildman–Crippen LogP) is 3.75. The fraction of sp³-hybridized carbons (Fsp3) is 0.235. The largest absolute Gasteiger partial charge is 0.423 e. The molecule has 0 saturated heterocycles. The highest BCUT2D eigenvalue weighted by molar-refractivity contribution is 6.46. The topological polar surface area (TPSA) is 71.7 Å². The summed E-state index contributed by atoms with van der Waals surface area (Å²) in [7, 11) is 0. The average Bonchev–Trinajstić information content (AvgIpc) is 2.88. The van der Waals surface area contributed by atoms with E-state index in [-0.39, 0.29) is 5.91 Å². The maximum atomic E-state index is 12.3. The molecule has 1 amide bonds. The first-order valence-electron chi connectivity index (χ1n) is 7.29. The molecular weight excluding hydrogens is 316 g/mol. The second-order valence-electron chi connectivity index (χ2n) is 5.40. The molecule has 2 aromatic rings. The highest BCUT2D eigenvalue weighted by atomic mass is 35.5. The van der Waals surface area contributed by atoms with Crippen LogP contribution in [0.1, 0.15) is 25.3 Å². The zero-order chi connectivity index (χ0) is 16.6. The van der Waals surface area contributed by atoms with Crippen molar-refractivity contribution in [1.29, 1.82) is 0 Å². The van der Waals surface area contributed by atoms with Gasteiger partial charge in [0, 0.05) is 29.6 Å². The number of nitrogens with one attached hydrogen (secondary N) is 1. The van der Waals surface area contributed by atoms with E-state index in [0.717, 1.165) is 22.9 Å². The van der Waals surface area contributed by atoms with Gasteiger partial charge in [-0.05, 0) is 36.6 Å². The molecule has 0 bridgehead atoms. The first kappa shape index (κ1) is 15.5. The second kappa shape index (κ2) is 6.01. The van der Waals surface area contributed by atoms with Crippen LogP contribution >= 0.6 is 11.6 Å². The number of carbonyl (C=O) groups is 1. The van der Waals surface area contributed by atoms with Crippen molar-refractivity contribution in [2.24, 2.45) is 4.99 Å². The van der Waals surface area contributed by atoms with Gasteiger partial charge in [-0.3, -0.25) is 4.79 Å². The van der Waals surface area contributed by atoms with E-state index in [9.17, 15) is 9.59 Å². The van der Waals surface area contributed by atoms with Gasteiger partial charge in [0.15, 0.2) is 0 Å². The van der Waals surface area contributed by atoms with Gasteiger partial charge in [0.1, 0.15) is 16.5 Å². The number of nitrogens with zero attached hydrogens (tertiary/aromatic N) is 1. The lowest BCUT2D eigenvalue weighted by Crippen LogP contribution is -2.21. The SMILES string of the molecule is CCC1=C(Cl)N=C(C(=O)Nc2ccc3c(C)cc(=O)oc3c2)C1. The third-order valence-corrected chi connectivity index (χ3v) is 4.16. The quantitative estimate of drug-likeness (QED) is 0.688.